The SMILES string of the molecule is CCCCCCCCCCCC(=O)N1CC[NH2+]CC1.[Cl-]. The van der Waals surface area contributed by atoms with Crippen molar-refractivity contribution in [1.82, 2.24) is 4.90 Å². The average Bonchev–Trinajstić information content (AvgIpc) is 2.46. The van der Waals surface area contributed by atoms with Gasteiger partial charge in [0.1, 0.15) is 0 Å². The molecular formula is C16H33ClN2O. The summed E-state index contributed by atoms with van der Waals surface area (Å²) in [4.78, 5) is 14.0. The number of carbonyl (C=O) groups is 1. The zero-order valence-corrected chi connectivity index (χ0v) is 14.0. The quantitative estimate of drug-likeness (QED) is 0.533. The van der Waals surface area contributed by atoms with Crippen LogP contribution >= 0.6 is 0 Å². The van der Waals surface area contributed by atoms with Gasteiger partial charge in [-0.1, -0.05) is 58.3 Å². The second-order valence-corrected chi connectivity index (χ2v) is 5.83. The Balaban J connectivity index is 0.00000361. The van der Waals surface area contributed by atoms with Gasteiger partial charge in [-0.2, -0.15) is 0 Å². The molecule has 1 aliphatic heterocycles. The van der Waals surface area contributed by atoms with Crippen LogP contribution in [0.3, 0.4) is 0 Å². The van der Waals surface area contributed by atoms with E-state index in [0.29, 0.717) is 5.91 Å². The van der Waals surface area contributed by atoms with E-state index in [1.807, 2.05) is 4.90 Å². The first kappa shape index (κ1) is 19.7. The van der Waals surface area contributed by atoms with Gasteiger partial charge in [-0.15, -0.1) is 0 Å². The maximum Gasteiger partial charge on any atom is 0.222 e. The number of nitrogens with zero attached hydrogens (tertiary/aromatic N) is 1. The molecule has 4 heteroatoms. The summed E-state index contributed by atoms with van der Waals surface area (Å²) < 4.78 is 0. The maximum atomic E-state index is 11.9. The van der Waals surface area contributed by atoms with Crippen LogP contribution < -0.4 is 17.7 Å². The van der Waals surface area contributed by atoms with E-state index in [-0.39, 0.29) is 12.4 Å². The minimum absolute atomic E-state index is 0. The van der Waals surface area contributed by atoms with Crippen LogP contribution in [-0.2, 0) is 4.79 Å². The van der Waals surface area contributed by atoms with Gasteiger partial charge < -0.3 is 22.6 Å². The third-order valence-corrected chi connectivity index (χ3v) is 4.05. The molecule has 1 amide bonds. The number of carbonyl (C=O) groups excluding carboxylic acids is 1. The molecule has 1 rings (SSSR count). The molecule has 0 saturated carbocycles. The van der Waals surface area contributed by atoms with E-state index in [1.54, 1.807) is 0 Å². The molecule has 0 bridgehead atoms. The summed E-state index contributed by atoms with van der Waals surface area (Å²) in [6.07, 6.45) is 12.7. The highest BCUT2D eigenvalue weighted by Gasteiger charge is 2.16. The molecule has 0 radical (unpaired) electrons. The van der Waals surface area contributed by atoms with Crippen molar-refractivity contribution in [3.05, 3.63) is 0 Å². The van der Waals surface area contributed by atoms with Crippen molar-refractivity contribution in [2.24, 2.45) is 0 Å². The van der Waals surface area contributed by atoms with Crippen molar-refractivity contribution in [2.45, 2.75) is 71.1 Å². The first-order valence-electron chi connectivity index (χ1n) is 8.44. The lowest BCUT2D eigenvalue weighted by atomic mass is 10.1. The Bertz CT molecular complexity index is 231. The average molecular weight is 305 g/mol. The van der Waals surface area contributed by atoms with Crippen LogP contribution in [-0.4, -0.2) is 37.0 Å². The Hall–Kier alpha value is -0.280. The van der Waals surface area contributed by atoms with E-state index in [9.17, 15) is 4.79 Å². The topological polar surface area (TPSA) is 36.9 Å². The van der Waals surface area contributed by atoms with Crippen molar-refractivity contribution in [3.63, 3.8) is 0 Å². The Morgan fingerprint density at radius 1 is 0.900 bits per heavy atom. The molecule has 1 heterocycles. The van der Waals surface area contributed by atoms with E-state index >= 15 is 0 Å². The fourth-order valence-electron chi connectivity index (χ4n) is 2.74. The minimum Gasteiger partial charge on any atom is -1.00 e. The van der Waals surface area contributed by atoms with Crippen molar-refractivity contribution >= 4 is 5.91 Å². The molecule has 0 aromatic carbocycles. The maximum absolute atomic E-state index is 11.9. The molecule has 1 aliphatic rings. The molecule has 120 valence electrons. The van der Waals surface area contributed by atoms with Gasteiger partial charge in [-0.3, -0.25) is 4.79 Å². The normalized spacial score (nSPS) is 14.9. The van der Waals surface area contributed by atoms with Crippen molar-refractivity contribution in [1.29, 1.82) is 0 Å². The number of nitrogens with two attached hydrogens (primary N) is 1. The van der Waals surface area contributed by atoms with Crippen LogP contribution in [0.5, 0.6) is 0 Å². The number of amides is 1. The van der Waals surface area contributed by atoms with Crippen molar-refractivity contribution < 1.29 is 22.5 Å². The molecule has 0 aliphatic carbocycles. The van der Waals surface area contributed by atoms with Crippen LogP contribution in [0.2, 0.25) is 0 Å². The molecule has 1 saturated heterocycles. The monoisotopic (exact) mass is 304 g/mol. The molecule has 0 unspecified atom stereocenters. The fraction of sp³-hybridized carbons (Fsp3) is 0.938. The number of halogens is 1. The lowest BCUT2D eigenvalue weighted by Gasteiger charge is -2.25. The number of rotatable bonds is 10. The third kappa shape index (κ3) is 9.60. The van der Waals surface area contributed by atoms with Crippen molar-refractivity contribution in [3.8, 4) is 0 Å². The van der Waals surface area contributed by atoms with Gasteiger partial charge in [0.2, 0.25) is 5.91 Å². The Labute approximate surface area is 131 Å². The highest BCUT2D eigenvalue weighted by atomic mass is 35.5. The Kier molecular flexibility index (Phi) is 13.5. The standard InChI is InChI=1S/C16H32N2O.ClH/c1-2-3-4-5-6-7-8-9-10-11-16(19)18-14-12-17-13-15-18;/h17H,2-15H2,1H3;1H. The van der Waals surface area contributed by atoms with Gasteiger partial charge in [-0.05, 0) is 6.42 Å². The fourth-order valence-corrected chi connectivity index (χ4v) is 2.74. The zero-order valence-electron chi connectivity index (χ0n) is 13.2. The molecule has 2 N–H and O–H groups in total. The van der Waals surface area contributed by atoms with Crippen molar-refractivity contribution in [2.75, 3.05) is 26.2 Å². The molecule has 0 aromatic heterocycles. The first-order valence-corrected chi connectivity index (χ1v) is 8.44. The predicted octanol–water partition coefficient (Wildman–Crippen LogP) is -0.683. The van der Waals surface area contributed by atoms with Gasteiger partial charge in [0, 0.05) is 6.42 Å². The highest BCUT2D eigenvalue weighted by molar-refractivity contribution is 5.76. The van der Waals surface area contributed by atoms with E-state index in [0.717, 1.165) is 39.0 Å². The van der Waals surface area contributed by atoms with E-state index in [4.69, 9.17) is 0 Å². The van der Waals surface area contributed by atoms with Gasteiger partial charge in [-0.25, -0.2) is 0 Å². The van der Waals surface area contributed by atoms with Gasteiger partial charge in [0.15, 0.2) is 0 Å². The molecule has 0 spiro atoms. The molecule has 3 nitrogen and oxygen atoms in total. The summed E-state index contributed by atoms with van der Waals surface area (Å²) in [5.41, 5.74) is 0. The molecule has 20 heavy (non-hydrogen) atoms. The Morgan fingerprint density at radius 3 is 1.95 bits per heavy atom. The van der Waals surface area contributed by atoms with E-state index in [2.05, 4.69) is 12.2 Å². The molecule has 0 atom stereocenters. The van der Waals surface area contributed by atoms with Gasteiger partial charge in [0.05, 0.1) is 26.2 Å². The number of unbranched alkanes of at least 4 members (excludes halogenated alkanes) is 8. The van der Waals surface area contributed by atoms with Gasteiger partial charge >= 0.3 is 0 Å². The second-order valence-electron chi connectivity index (χ2n) is 5.83. The number of hydrogen-bond donors (Lipinski definition) is 1. The number of piperazine rings is 1. The van der Waals surface area contributed by atoms with Crippen LogP contribution in [0, 0.1) is 0 Å². The lowest BCUT2D eigenvalue weighted by molar-refractivity contribution is -0.662. The summed E-state index contributed by atoms with van der Waals surface area (Å²) >= 11 is 0. The molecule has 1 fully saturated rings. The summed E-state index contributed by atoms with van der Waals surface area (Å²) in [7, 11) is 0. The third-order valence-electron chi connectivity index (χ3n) is 4.05. The smallest absolute Gasteiger partial charge is 0.222 e. The van der Waals surface area contributed by atoms with E-state index < -0.39 is 0 Å². The van der Waals surface area contributed by atoms with Crippen LogP contribution in [0.15, 0.2) is 0 Å². The van der Waals surface area contributed by atoms with Crippen LogP contribution in [0.4, 0.5) is 0 Å². The van der Waals surface area contributed by atoms with Crippen LogP contribution in [0.25, 0.3) is 0 Å². The number of quaternary nitrogens is 1. The summed E-state index contributed by atoms with van der Waals surface area (Å²) in [6.45, 7) is 6.34. The highest BCUT2D eigenvalue weighted by Crippen LogP contribution is 2.11. The lowest BCUT2D eigenvalue weighted by Crippen LogP contribution is -3.00. The zero-order chi connectivity index (χ0) is 13.8. The largest absolute Gasteiger partial charge is 1.00 e. The summed E-state index contributed by atoms with van der Waals surface area (Å²) in [5.74, 6) is 0.385. The van der Waals surface area contributed by atoms with E-state index in [1.165, 1.54) is 51.4 Å². The molecular weight excluding hydrogens is 272 g/mol. The van der Waals surface area contributed by atoms with Gasteiger partial charge in [0.25, 0.3) is 0 Å². The minimum atomic E-state index is 0. The predicted molar refractivity (Wildman–Crippen MR) is 80.1 cm³/mol. The summed E-state index contributed by atoms with van der Waals surface area (Å²) in [5, 5.41) is 2.29. The number of hydrogen-bond acceptors (Lipinski definition) is 1. The molecule has 0 aromatic rings. The van der Waals surface area contributed by atoms with Crippen LogP contribution in [0.1, 0.15) is 71.1 Å². The Morgan fingerprint density at radius 2 is 1.40 bits per heavy atom. The first-order chi connectivity index (χ1) is 9.34. The second kappa shape index (κ2) is 13.7. The summed E-state index contributed by atoms with van der Waals surface area (Å²) in [6, 6.07) is 0.